The number of nitrogens with zero attached hydrogens (tertiary/aromatic N) is 5. The lowest BCUT2D eigenvalue weighted by Gasteiger charge is -2.35. The van der Waals surface area contributed by atoms with Gasteiger partial charge in [-0.15, -0.1) is 5.10 Å². The van der Waals surface area contributed by atoms with Crippen molar-refractivity contribution >= 4 is 9.84 Å². The second-order valence-electron chi connectivity index (χ2n) is 11.4. The van der Waals surface area contributed by atoms with Crippen molar-refractivity contribution in [3.63, 3.8) is 0 Å². The molecule has 3 aliphatic rings. The van der Waals surface area contributed by atoms with Crippen molar-refractivity contribution < 1.29 is 17.2 Å². The first-order valence-corrected chi connectivity index (χ1v) is 15.1. The fraction of sp³-hybridized carbons (Fsp3) is 0.345. The van der Waals surface area contributed by atoms with Gasteiger partial charge in [-0.2, -0.15) is 5.10 Å². The summed E-state index contributed by atoms with van der Waals surface area (Å²) in [6.07, 6.45) is 6.97. The largest absolute Gasteiger partial charge is 0.314 e. The minimum absolute atomic E-state index is 0.0661. The summed E-state index contributed by atoms with van der Waals surface area (Å²) in [6.45, 7) is 2.28. The van der Waals surface area contributed by atoms with Crippen LogP contribution in [0.2, 0.25) is 0 Å². The summed E-state index contributed by atoms with van der Waals surface area (Å²) >= 11 is 0. The molecule has 3 aliphatic carbocycles. The van der Waals surface area contributed by atoms with Crippen LogP contribution in [0.5, 0.6) is 0 Å². The number of hydrogen-bond acceptors (Lipinski definition) is 7. The van der Waals surface area contributed by atoms with E-state index in [1.54, 1.807) is 24.5 Å². The molecule has 204 valence electrons. The van der Waals surface area contributed by atoms with Gasteiger partial charge in [0, 0.05) is 42.2 Å². The Balaban J connectivity index is 1.30. The van der Waals surface area contributed by atoms with Crippen LogP contribution in [0.1, 0.15) is 43.1 Å². The Bertz CT molecular complexity index is 1890. The predicted octanol–water partition coefficient (Wildman–Crippen LogP) is 3.83. The number of benzene rings is 1. The molecule has 3 aromatic heterocycles. The minimum Gasteiger partial charge on any atom is -0.314 e. The number of hydrogen-bond donors (Lipinski definition) is 0. The molecule has 2 fully saturated rings. The fourth-order valence-corrected chi connectivity index (χ4v) is 7.89. The van der Waals surface area contributed by atoms with Crippen LogP contribution in [0.15, 0.2) is 59.7 Å². The molecule has 0 saturated heterocycles. The highest BCUT2D eigenvalue weighted by Crippen LogP contribution is 2.86. The molecule has 3 heterocycles. The number of halogens is 2. The van der Waals surface area contributed by atoms with Gasteiger partial charge in [-0.1, -0.05) is 13.0 Å². The Morgan fingerprint density at radius 1 is 1.05 bits per heavy atom. The molecule has 40 heavy (non-hydrogen) atoms. The van der Waals surface area contributed by atoms with Crippen LogP contribution in [0.25, 0.3) is 22.6 Å². The second kappa shape index (κ2) is 8.09. The van der Waals surface area contributed by atoms with Gasteiger partial charge >= 0.3 is 0 Å². The van der Waals surface area contributed by atoms with Crippen LogP contribution in [0.4, 0.5) is 8.78 Å². The highest BCUT2D eigenvalue weighted by atomic mass is 32.2. The third kappa shape index (κ3) is 3.27. The van der Waals surface area contributed by atoms with Crippen LogP contribution in [0, 0.1) is 17.0 Å². The maximum absolute atomic E-state index is 14.6. The fourth-order valence-electron chi connectivity index (χ4n) is 7.37. The number of fused-ring (bicyclic) bond motifs is 2. The summed E-state index contributed by atoms with van der Waals surface area (Å²) in [5.74, 6) is -1.11. The maximum Gasteiger partial charge on any atom is 0.251 e. The molecule has 3 atom stereocenters. The van der Waals surface area contributed by atoms with Gasteiger partial charge < -0.3 is 4.57 Å². The molecule has 0 aliphatic heterocycles. The number of sulfone groups is 1. The van der Waals surface area contributed by atoms with E-state index in [1.165, 1.54) is 28.8 Å². The first-order chi connectivity index (χ1) is 19.0. The lowest BCUT2D eigenvalue weighted by Crippen LogP contribution is -2.35. The molecule has 7 rings (SSSR count). The van der Waals surface area contributed by atoms with Gasteiger partial charge in [0.1, 0.15) is 21.5 Å². The highest BCUT2D eigenvalue weighted by molar-refractivity contribution is 7.90. The third-order valence-electron chi connectivity index (χ3n) is 9.44. The molecule has 2 unspecified atom stereocenters. The molecule has 0 N–H and O–H groups in total. The standard InChI is InChI=1S/C29H25F2N5O3S/c1-27-16-28(27)8-9-29(27,25-18(28)15-21(34-35-25)24-19(30)4-3-5-20(24)31)22-6-10-32-26(33-22)17-7-11-36(23(37)14-17)12-13-40(2,38)39/h3-7,10-11,14-15H,8-9,12-13,16H2,1-2H3/t27?,28?,29-/m0/s1. The summed E-state index contributed by atoms with van der Waals surface area (Å²) in [4.78, 5) is 22.1. The first kappa shape index (κ1) is 25.1. The van der Waals surface area contributed by atoms with Crippen molar-refractivity contribution in [3.05, 3.63) is 93.8 Å². The van der Waals surface area contributed by atoms with Crippen molar-refractivity contribution in [2.45, 2.75) is 43.6 Å². The lowest BCUT2D eigenvalue weighted by molar-refractivity contribution is 0.334. The van der Waals surface area contributed by atoms with E-state index in [2.05, 4.69) is 22.1 Å². The number of aromatic nitrogens is 5. The zero-order valence-electron chi connectivity index (χ0n) is 21.9. The van der Waals surface area contributed by atoms with Gasteiger partial charge in [0.2, 0.25) is 0 Å². The molecular formula is C29H25F2N5O3S. The van der Waals surface area contributed by atoms with Crippen molar-refractivity contribution in [1.29, 1.82) is 0 Å². The SMILES string of the molecule is CC12CC13CC[C@]2(c1ccnc(-c2ccn(CCS(C)(=O)=O)c(=O)c2)n1)c1nnc(-c2c(F)cccc2F)cc13. The number of rotatable bonds is 6. The summed E-state index contributed by atoms with van der Waals surface area (Å²) in [5.41, 5.74) is 1.86. The van der Waals surface area contributed by atoms with E-state index in [9.17, 15) is 22.0 Å². The van der Waals surface area contributed by atoms with E-state index in [0.29, 0.717) is 11.4 Å². The van der Waals surface area contributed by atoms with Crippen molar-refractivity contribution in [1.82, 2.24) is 24.7 Å². The van der Waals surface area contributed by atoms with E-state index in [1.807, 2.05) is 6.07 Å². The van der Waals surface area contributed by atoms with Gasteiger partial charge in [0.05, 0.1) is 33.8 Å². The monoisotopic (exact) mass is 561 g/mol. The van der Waals surface area contributed by atoms with Crippen molar-refractivity contribution in [3.8, 4) is 22.6 Å². The first-order valence-electron chi connectivity index (χ1n) is 13.0. The minimum atomic E-state index is -3.21. The van der Waals surface area contributed by atoms with Gasteiger partial charge in [-0.3, -0.25) is 4.79 Å². The van der Waals surface area contributed by atoms with Gasteiger partial charge in [-0.05, 0) is 60.6 Å². The van der Waals surface area contributed by atoms with Crippen molar-refractivity contribution in [2.24, 2.45) is 5.41 Å². The lowest BCUT2D eigenvalue weighted by atomic mass is 9.69. The van der Waals surface area contributed by atoms with E-state index < -0.39 is 26.9 Å². The molecule has 2 saturated carbocycles. The molecule has 8 nitrogen and oxygen atoms in total. The van der Waals surface area contributed by atoms with Crippen LogP contribution in [0.3, 0.4) is 0 Å². The summed E-state index contributed by atoms with van der Waals surface area (Å²) in [5, 5.41) is 8.88. The van der Waals surface area contributed by atoms with Gasteiger partial charge in [0.15, 0.2) is 5.82 Å². The maximum atomic E-state index is 14.6. The van der Waals surface area contributed by atoms with Crippen LogP contribution < -0.4 is 5.56 Å². The molecule has 2 bridgehead atoms. The Morgan fingerprint density at radius 3 is 2.52 bits per heavy atom. The summed E-state index contributed by atoms with van der Waals surface area (Å²) in [6, 6.07) is 10.5. The topological polar surface area (TPSA) is 108 Å². The quantitative estimate of drug-likeness (QED) is 0.352. The van der Waals surface area contributed by atoms with E-state index in [0.717, 1.165) is 42.5 Å². The summed E-state index contributed by atoms with van der Waals surface area (Å²) < 4.78 is 53.5. The third-order valence-corrected chi connectivity index (χ3v) is 10.4. The Labute approximate surface area is 229 Å². The summed E-state index contributed by atoms with van der Waals surface area (Å²) in [7, 11) is -3.21. The normalized spacial score (nSPS) is 26.0. The second-order valence-corrected chi connectivity index (χ2v) is 13.7. The Morgan fingerprint density at radius 2 is 1.82 bits per heavy atom. The molecule has 0 amide bonds. The molecular weight excluding hydrogens is 536 g/mol. The van der Waals surface area contributed by atoms with E-state index >= 15 is 0 Å². The number of pyridine rings is 1. The zero-order valence-corrected chi connectivity index (χ0v) is 22.7. The highest BCUT2D eigenvalue weighted by Gasteiger charge is 2.84. The van der Waals surface area contributed by atoms with Crippen LogP contribution >= 0.6 is 0 Å². The molecule has 4 aromatic rings. The molecule has 0 radical (unpaired) electrons. The Hall–Kier alpha value is -3.86. The average molecular weight is 562 g/mol. The molecule has 1 aromatic carbocycles. The molecule has 11 heteroatoms. The van der Waals surface area contributed by atoms with Crippen LogP contribution in [-0.2, 0) is 27.2 Å². The number of aryl methyl sites for hydroxylation is 1. The van der Waals surface area contributed by atoms with Crippen molar-refractivity contribution in [2.75, 3.05) is 12.0 Å². The van der Waals surface area contributed by atoms with E-state index in [4.69, 9.17) is 4.98 Å². The predicted molar refractivity (Wildman–Crippen MR) is 143 cm³/mol. The molecule has 0 spiro atoms. The van der Waals surface area contributed by atoms with Crippen LogP contribution in [-0.4, -0.2) is 45.2 Å². The van der Waals surface area contributed by atoms with Gasteiger partial charge in [0.25, 0.3) is 5.56 Å². The zero-order chi connectivity index (χ0) is 28.1. The average Bonchev–Trinajstić information content (AvgIpc) is 3.39. The van der Waals surface area contributed by atoms with Gasteiger partial charge in [-0.25, -0.2) is 27.2 Å². The Kier molecular flexibility index (Phi) is 5.08. The smallest absolute Gasteiger partial charge is 0.251 e. The van der Waals surface area contributed by atoms with E-state index in [-0.39, 0.29) is 39.9 Å².